The maximum atomic E-state index is 12.1. The molecule has 23 heavy (non-hydrogen) atoms. The Morgan fingerprint density at radius 1 is 1.57 bits per heavy atom. The van der Waals surface area contributed by atoms with Crippen molar-refractivity contribution in [2.75, 3.05) is 18.4 Å². The van der Waals surface area contributed by atoms with Crippen LogP contribution >= 0.6 is 11.3 Å². The van der Waals surface area contributed by atoms with E-state index in [1.807, 2.05) is 22.3 Å². The number of amides is 1. The zero-order chi connectivity index (χ0) is 16.1. The van der Waals surface area contributed by atoms with Gasteiger partial charge in [0.1, 0.15) is 11.1 Å². The molecule has 6 nitrogen and oxygen atoms in total. The summed E-state index contributed by atoms with van der Waals surface area (Å²) in [4.78, 5) is 14.5. The molecule has 3 heterocycles. The lowest BCUT2D eigenvalue weighted by molar-refractivity contribution is -0.116. The fourth-order valence-corrected chi connectivity index (χ4v) is 3.70. The van der Waals surface area contributed by atoms with Crippen LogP contribution in [0.15, 0.2) is 29.9 Å². The fraction of sp³-hybridized carbons (Fsp3) is 0.438. The van der Waals surface area contributed by atoms with E-state index < -0.39 is 0 Å². The number of hydrogen-bond donors (Lipinski definition) is 1. The van der Waals surface area contributed by atoms with E-state index in [1.165, 1.54) is 11.3 Å². The van der Waals surface area contributed by atoms with E-state index in [-0.39, 0.29) is 5.91 Å². The van der Waals surface area contributed by atoms with Crippen molar-refractivity contribution in [2.45, 2.75) is 31.8 Å². The van der Waals surface area contributed by atoms with Gasteiger partial charge in [0.25, 0.3) is 0 Å². The topological polar surface area (TPSA) is 74.0 Å². The Morgan fingerprint density at radius 2 is 2.48 bits per heavy atom. The number of likely N-dealkylation sites (tertiary alicyclic amines) is 1. The van der Waals surface area contributed by atoms with E-state index in [9.17, 15) is 4.79 Å². The zero-order valence-electron chi connectivity index (χ0n) is 12.8. The van der Waals surface area contributed by atoms with Gasteiger partial charge < -0.3 is 5.32 Å². The summed E-state index contributed by atoms with van der Waals surface area (Å²) in [6.45, 7) is 2.64. The van der Waals surface area contributed by atoms with Crippen LogP contribution in [0.1, 0.15) is 24.8 Å². The number of carbonyl (C=O) groups excluding carboxylic acids is 1. The van der Waals surface area contributed by atoms with Gasteiger partial charge in [-0.15, -0.1) is 11.3 Å². The maximum Gasteiger partial charge on any atom is 0.226 e. The minimum Gasteiger partial charge on any atom is -0.317 e. The first-order valence-corrected chi connectivity index (χ1v) is 8.63. The summed E-state index contributed by atoms with van der Waals surface area (Å²) in [7, 11) is 0. The number of nitriles is 1. The van der Waals surface area contributed by atoms with Crippen LogP contribution in [-0.2, 0) is 11.3 Å². The number of nitrogens with zero attached hydrogens (tertiary/aromatic N) is 4. The second-order valence-corrected chi connectivity index (χ2v) is 6.55. The Labute approximate surface area is 139 Å². The molecule has 1 atom stereocenters. The van der Waals surface area contributed by atoms with Gasteiger partial charge in [-0.25, -0.2) is 0 Å². The third-order valence-electron chi connectivity index (χ3n) is 4.12. The molecule has 0 unspecified atom stereocenters. The van der Waals surface area contributed by atoms with Crippen LogP contribution in [0.3, 0.4) is 0 Å². The van der Waals surface area contributed by atoms with Gasteiger partial charge in [-0.3, -0.25) is 14.4 Å². The van der Waals surface area contributed by atoms with Crippen molar-refractivity contribution in [1.82, 2.24) is 14.7 Å². The first-order chi connectivity index (χ1) is 11.3. The third kappa shape index (κ3) is 3.97. The van der Waals surface area contributed by atoms with Gasteiger partial charge in [0, 0.05) is 31.4 Å². The normalized spacial score (nSPS) is 18.0. The highest BCUT2D eigenvalue weighted by Gasteiger charge is 2.25. The van der Waals surface area contributed by atoms with Gasteiger partial charge in [0.2, 0.25) is 5.91 Å². The minimum atomic E-state index is -0.0336. The number of rotatable bonds is 6. The molecular weight excluding hydrogens is 310 g/mol. The highest BCUT2D eigenvalue weighted by atomic mass is 32.1. The molecule has 1 aliphatic heterocycles. The second-order valence-electron chi connectivity index (χ2n) is 5.63. The lowest BCUT2D eigenvalue weighted by atomic mass is 10.2. The molecule has 1 amide bonds. The van der Waals surface area contributed by atoms with Gasteiger partial charge in [0.15, 0.2) is 0 Å². The van der Waals surface area contributed by atoms with Crippen LogP contribution in [0.5, 0.6) is 0 Å². The summed E-state index contributed by atoms with van der Waals surface area (Å²) in [6.07, 6.45) is 6.52. The molecule has 0 aliphatic carbocycles. The summed E-state index contributed by atoms with van der Waals surface area (Å²) < 4.78 is 1.95. The monoisotopic (exact) mass is 329 g/mol. The molecule has 0 aromatic carbocycles. The molecule has 0 saturated carbocycles. The fourth-order valence-electron chi connectivity index (χ4n) is 2.95. The van der Waals surface area contributed by atoms with Gasteiger partial charge >= 0.3 is 0 Å². The van der Waals surface area contributed by atoms with E-state index >= 15 is 0 Å². The van der Waals surface area contributed by atoms with Crippen LogP contribution in [0.4, 0.5) is 5.00 Å². The Hall–Kier alpha value is -2.17. The van der Waals surface area contributed by atoms with Crippen molar-refractivity contribution in [3.63, 3.8) is 0 Å². The number of anilines is 1. The van der Waals surface area contributed by atoms with Gasteiger partial charge in [-0.2, -0.15) is 10.4 Å². The van der Waals surface area contributed by atoms with Crippen molar-refractivity contribution in [2.24, 2.45) is 0 Å². The molecule has 1 fully saturated rings. The van der Waals surface area contributed by atoms with E-state index in [0.29, 0.717) is 23.0 Å². The second kappa shape index (κ2) is 7.40. The SMILES string of the molecule is N#Cc1ccsc1NC(=O)CCN1CCC[C@@H]1Cn1cccn1. The smallest absolute Gasteiger partial charge is 0.226 e. The van der Waals surface area contributed by atoms with E-state index in [1.54, 1.807) is 12.3 Å². The van der Waals surface area contributed by atoms with Crippen molar-refractivity contribution < 1.29 is 4.79 Å². The summed E-state index contributed by atoms with van der Waals surface area (Å²) in [5.74, 6) is -0.0336. The first-order valence-electron chi connectivity index (χ1n) is 7.75. The first kappa shape index (κ1) is 15.7. The van der Waals surface area contributed by atoms with Gasteiger partial charge in [-0.1, -0.05) is 0 Å². The highest BCUT2D eigenvalue weighted by Crippen LogP contribution is 2.23. The van der Waals surface area contributed by atoms with E-state index in [4.69, 9.17) is 5.26 Å². The lowest BCUT2D eigenvalue weighted by Crippen LogP contribution is -2.35. The molecule has 1 aliphatic rings. The zero-order valence-corrected chi connectivity index (χ0v) is 13.6. The average molecular weight is 329 g/mol. The highest BCUT2D eigenvalue weighted by molar-refractivity contribution is 7.14. The van der Waals surface area contributed by atoms with Crippen LogP contribution in [0.2, 0.25) is 0 Å². The molecular formula is C16H19N5OS. The molecule has 7 heteroatoms. The lowest BCUT2D eigenvalue weighted by Gasteiger charge is -2.24. The van der Waals surface area contributed by atoms with E-state index in [2.05, 4.69) is 21.4 Å². The van der Waals surface area contributed by atoms with Crippen molar-refractivity contribution in [3.8, 4) is 6.07 Å². The Balaban J connectivity index is 1.49. The van der Waals surface area contributed by atoms with Crippen molar-refractivity contribution in [3.05, 3.63) is 35.5 Å². The maximum absolute atomic E-state index is 12.1. The summed E-state index contributed by atoms with van der Waals surface area (Å²) in [5, 5.41) is 18.5. The number of nitrogens with one attached hydrogen (secondary N) is 1. The number of aromatic nitrogens is 2. The summed E-state index contributed by atoms with van der Waals surface area (Å²) in [5.41, 5.74) is 0.529. The Kier molecular flexibility index (Phi) is 5.05. The molecule has 3 rings (SSSR count). The number of thiophene rings is 1. The van der Waals surface area contributed by atoms with Crippen LogP contribution < -0.4 is 5.32 Å². The molecule has 0 radical (unpaired) electrons. The van der Waals surface area contributed by atoms with E-state index in [0.717, 1.165) is 32.5 Å². The van der Waals surface area contributed by atoms with Crippen LogP contribution in [-0.4, -0.2) is 39.7 Å². The van der Waals surface area contributed by atoms with Crippen LogP contribution in [0, 0.1) is 11.3 Å². The van der Waals surface area contributed by atoms with Gasteiger partial charge in [-0.05, 0) is 36.9 Å². The molecule has 1 saturated heterocycles. The molecule has 2 aromatic rings. The standard InChI is InChI=1S/C16H19N5OS/c17-11-13-5-10-23-16(13)19-15(22)4-9-20-7-1-3-14(20)12-21-8-2-6-18-21/h2,5-6,8,10,14H,1,3-4,7,9,12H2,(H,19,22)/t14-/m1/s1. The molecule has 1 N–H and O–H groups in total. The molecule has 0 bridgehead atoms. The molecule has 120 valence electrons. The minimum absolute atomic E-state index is 0.0336. The largest absolute Gasteiger partial charge is 0.317 e. The Bertz CT molecular complexity index is 688. The predicted octanol–water partition coefficient (Wildman–Crippen LogP) is 2.31. The number of hydrogen-bond acceptors (Lipinski definition) is 5. The van der Waals surface area contributed by atoms with Crippen molar-refractivity contribution >= 4 is 22.2 Å². The molecule has 2 aromatic heterocycles. The Morgan fingerprint density at radius 3 is 3.26 bits per heavy atom. The van der Waals surface area contributed by atoms with Crippen LogP contribution in [0.25, 0.3) is 0 Å². The molecule has 0 spiro atoms. The van der Waals surface area contributed by atoms with Gasteiger partial charge in [0.05, 0.1) is 12.1 Å². The number of carbonyl (C=O) groups is 1. The summed E-state index contributed by atoms with van der Waals surface area (Å²) >= 11 is 1.38. The third-order valence-corrected chi connectivity index (χ3v) is 4.95. The van der Waals surface area contributed by atoms with Crippen molar-refractivity contribution in [1.29, 1.82) is 5.26 Å². The quantitative estimate of drug-likeness (QED) is 0.882. The summed E-state index contributed by atoms with van der Waals surface area (Å²) in [6, 6.07) is 6.18. The average Bonchev–Trinajstić information content (AvgIpc) is 3.28. The predicted molar refractivity (Wildman–Crippen MR) is 89.1 cm³/mol.